The van der Waals surface area contributed by atoms with E-state index in [1.807, 2.05) is 50.2 Å². The topological polar surface area (TPSA) is 127 Å². The van der Waals surface area contributed by atoms with E-state index in [1.165, 1.54) is 0 Å². The number of nitrogens with one attached hydrogen (secondary N) is 1. The maximum atomic E-state index is 13.1. The zero-order valence-electron chi connectivity index (χ0n) is 35.5. The summed E-state index contributed by atoms with van der Waals surface area (Å²) in [4.78, 5) is 46.4. The van der Waals surface area contributed by atoms with Crippen LogP contribution in [0.2, 0.25) is 0 Å². The van der Waals surface area contributed by atoms with E-state index in [-0.39, 0.29) is 30.7 Å². The van der Waals surface area contributed by atoms with Gasteiger partial charge in [-0.15, -0.1) is 0 Å². The number of fused-ring (bicyclic) bond motifs is 2. The molecule has 60 heavy (non-hydrogen) atoms. The van der Waals surface area contributed by atoms with Gasteiger partial charge in [0.1, 0.15) is 11.1 Å². The molecule has 2 atom stereocenters. The van der Waals surface area contributed by atoms with Crippen LogP contribution in [0.4, 0.5) is 10.7 Å². The molecule has 0 bridgehead atoms. The molecular formula is C47H59N7O6. The molecule has 4 fully saturated rings. The number of aromatic amines is 1. The van der Waals surface area contributed by atoms with Crippen molar-refractivity contribution in [2.75, 3.05) is 63.9 Å². The molecule has 0 spiro atoms. The number of carbonyl (C=O) groups excluding carboxylic acids is 1. The molecule has 9 rings (SSSR count). The molecule has 13 nitrogen and oxygen atoms in total. The number of piperidine rings is 1. The first-order valence-corrected chi connectivity index (χ1v) is 21.9. The van der Waals surface area contributed by atoms with E-state index in [4.69, 9.17) is 28.9 Å². The number of pyridine rings is 1. The zero-order chi connectivity index (χ0) is 41.4. The molecule has 1 N–H and O–H groups in total. The van der Waals surface area contributed by atoms with Crippen molar-refractivity contribution in [1.82, 2.24) is 29.3 Å². The smallest absolute Gasteiger partial charge is 0.410 e. The molecule has 1 aliphatic carbocycles. The quantitative estimate of drug-likeness (QED) is 0.146. The lowest BCUT2D eigenvalue weighted by atomic mass is 9.87. The third-order valence-corrected chi connectivity index (χ3v) is 12.5. The molecule has 2 unspecified atom stereocenters. The molecule has 3 aliphatic heterocycles. The van der Waals surface area contributed by atoms with Gasteiger partial charge < -0.3 is 38.3 Å². The van der Waals surface area contributed by atoms with Gasteiger partial charge in [0.2, 0.25) is 5.95 Å². The van der Waals surface area contributed by atoms with Crippen LogP contribution in [0.25, 0.3) is 32.9 Å². The van der Waals surface area contributed by atoms with Crippen molar-refractivity contribution < 1.29 is 23.7 Å². The number of anilines is 1. The van der Waals surface area contributed by atoms with Crippen LogP contribution in [0.5, 0.6) is 0 Å². The van der Waals surface area contributed by atoms with Crippen LogP contribution in [0, 0.1) is 5.92 Å². The summed E-state index contributed by atoms with van der Waals surface area (Å²) in [6.07, 6.45) is 10.2. The number of aromatic nitrogens is 4. The van der Waals surface area contributed by atoms with E-state index in [0.29, 0.717) is 37.1 Å². The highest BCUT2D eigenvalue weighted by Crippen LogP contribution is 2.44. The number of aryl methyl sites for hydroxylation is 1. The summed E-state index contributed by atoms with van der Waals surface area (Å²) in [6.45, 7) is 12.4. The summed E-state index contributed by atoms with van der Waals surface area (Å²) < 4.78 is 27.4. The maximum absolute atomic E-state index is 13.1. The van der Waals surface area contributed by atoms with E-state index in [2.05, 4.69) is 57.2 Å². The standard InChI is InChI=1S/C47H59N7O6/c1-46(2,3)60-45(56)54-25-23-52(24-26-54)29-32-18-21-53(22-19-32)44-49-39-16-13-33(38-30-51(4)43(55)41-36(38)17-20-48-41)28-37(39)42(50-44)47(59-35-14-15-35,34-10-6-5-7-11-34)31-58-40-12-8-9-27-57-40/h5-7,10-11,13,16-17,20,28,30,32,35,40,48H,8-9,12,14-15,18-19,21-27,29,31H2,1-4H3. The fourth-order valence-electron chi connectivity index (χ4n) is 9.03. The lowest BCUT2D eigenvalue weighted by Gasteiger charge is -2.39. The first-order valence-electron chi connectivity index (χ1n) is 21.9. The number of nitrogens with zero attached hydrogens (tertiary/aromatic N) is 6. The second-order valence-corrected chi connectivity index (χ2v) is 18.1. The number of amides is 1. The Bertz CT molecular complexity index is 2350. The Hall–Kier alpha value is -4.82. The summed E-state index contributed by atoms with van der Waals surface area (Å²) in [6, 6.07) is 18.7. The van der Waals surface area contributed by atoms with Crippen molar-refractivity contribution in [2.45, 2.75) is 89.3 Å². The Morgan fingerprint density at radius 3 is 2.40 bits per heavy atom. The SMILES string of the molecule is Cn1cc(-c2ccc3nc(N4CCC(CN5CCN(C(=O)OC(C)(C)C)CC5)CC4)nc(C(COC4CCCCO4)(OC4CC4)c4ccccc4)c3c2)c2cc[nH]c2c1=O. The van der Waals surface area contributed by atoms with Crippen LogP contribution in [0.3, 0.4) is 0 Å². The van der Waals surface area contributed by atoms with Crippen molar-refractivity contribution in [3.63, 3.8) is 0 Å². The number of carbonyl (C=O) groups is 1. The van der Waals surface area contributed by atoms with E-state index >= 15 is 0 Å². The van der Waals surface area contributed by atoms with Gasteiger partial charge in [0.15, 0.2) is 11.9 Å². The minimum atomic E-state index is -1.05. The molecule has 1 saturated carbocycles. The maximum Gasteiger partial charge on any atom is 0.410 e. The highest BCUT2D eigenvalue weighted by atomic mass is 16.7. The van der Waals surface area contributed by atoms with Crippen molar-refractivity contribution >= 4 is 33.8 Å². The summed E-state index contributed by atoms with van der Waals surface area (Å²) in [5.41, 5.74) is 3.44. The van der Waals surface area contributed by atoms with Crippen molar-refractivity contribution in [3.05, 3.63) is 88.6 Å². The molecular weight excluding hydrogens is 759 g/mol. The average molecular weight is 818 g/mol. The van der Waals surface area contributed by atoms with E-state index < -0.39 is 11.2 Å². The van der Waals surface area contributed by atoms with Gasteiger partial charge >= 0.3 is 6.09 Å². The lowest BCUT2D eigenvalue weighted by molar-refractivity contribution is -0.197. The number of piperazine rings is 1. The first-order chi connectivity index (χ1) is 29.0. The van der Waals surface area contributed by atoms with Crippen LogP contribution in [-0.2, 0) is 31.6 Å². The minimum Gasteiger partial charge on any atom is -0.444 e. The zero-order valence-corrected chi connectivity index (χ0v) is 35.5. The Kier molecular flexibility index (Phi) is 11.4. The fourth-order valence-corrected chi connectivity index (χ4v) is 9.03. The third kappa shape index (κ3) is 8.68. The summed E-state index contributed by atoms with van der Waals surface area (Å²) in [7, 11) is 1.79. The monoisotopic (exact) mass is 817 g/mol. The van der Waals surface area contributed by atoms with E-state index in [1.54, 1.807) is 11.6 Å². The summed E-state index contributed by atoms with van der Waals surface area (Å²) in [5, 5.41) is 1.75. The molecule has 3 aromatic heterocycles. The molecule has 13 heteroatoms. The fraction of sp³-hybridized carbons (Fsp3) is 0.532. The molecule has 2 aromatic carbocycles. The van der Waals surface area contributed by atoms with Gasteiger partial charge in [-0.05, 0) is 101 Å². The Balaban J connectivity index is 1.06. The van der Waals surface area contributed by atoms with Crippen LogP contribution in [0.15, 0.2) is 71.8 Å². The highest BCUT2D eigenvalue weighted by Gasteiger charge is 2.45. The largest absolute Gasteiger partial charge is 0.444 e. The van der Waals surface area contributed by atoms with Crippen molar-refractivity contribution in [2.24, 2.45) is 13.0 Å². The molecule has 318 valence electrons. The van der Waals surface area contributed by atoms with Crippen LogP contribution >= 0.6 is 0 Å². The van der Waals surface area contributed by atoms with Crippen molar-refractivity contribution in [1.29, 1.82) is 0 Å². The van der Waals surface area contributed by atoms with E-state index in [0.717, 1.165) is 116 Å². The van der Waals surface area contributed by atoms with Gasteiger partial charge in [-0.1, -0.05) is 36.4 Å². The molecule has 4 aliphatic rings. The molecule has 1 amide bonds. The van der Waals surface area contributed by atoms with Gasteiger partial charge in [0.05, 0.1) is 23.9 Å². The Morgan fingerprint density at radius 1 is 0.900 bits per heavy atom. The number of ether oxygens (including phenoxy) is 4. The van der Waals surface area contributed by atoms with Gasteiger partial charge in [-0.25, -0.2) is 14.8 Å². The number of benzene rings is 2. The molecule has 0 radical (unpaired) electrons. The number of hydrogen-bond donors (Lipinski definition) is 1. The normalized spacial score (nSPS) is 20.8. The second kappa shape index (κ2) is 16.9. The third-order valence-electron chi connectivity index (χ3n) is 12.5. The van der Waals surface area contributed by atoms with Gasteiger partial charge in [-0.3, -0.25) is 9.69 Å². The van der Waals surface area contributed by atoms with Crippen LogP contribution < -0.4 is 10.5 Å². The molecule has 3 saturated heterocycles. The average Bonchev–Trinajstić information content (AvgIpc) is 3.94. The van der Waals surface area contributed by atoms with Gasteiger partial charge in [0, 0.05) is 88.2 Å². The van der Waals surface area contributed by atoms with Crippen molar-refractivity contribution in [3.8, 4) is 11.1 Å². The summed E-state index contributed by atoms with van der Waals surface area (Å²) >= 11 is 0. The number of rotatable bonds is 11. The van der Waals surface area contributed by atoms with Gasteiger partial charge in [-0.2, -0.15) is 0 Å². The first kappa shape index (κ1) is 40.6. The molecule has 5 aromatic rings. The lowest BCUT2D eigenvalue weighted by Crippen LogP contribution is -2.51. The van der Waals surface area contributed by atoms with Crippen LogP contribution in [-0.4, -0.2) is 112 Å². The summed E-state index contributed by atoms with van der Waals surface area (Å²) in [5.74, 6) is 1.23. The van der Waals surface area contributed by atoms with Crippen LogP contribution in [0.1, 0.15) is 77.0 Å². The molecule has 6 heterocycles. The Labute approximate surface area is 352 Å². The van der Waals surface area contributed by atoms with E-state index in [9.17, 15) is 9.59 Å². The minimum absolute atomic E-state index is 0.0687. The predicted octanol–water partition coefficient (Wildman–Crippen LogP) is 7.21. The number of H-pyrrole nitrogens is 1. The number of hydrogen-bond acceptors (Lipinski definition) is 10. The highest BCUT2D eigenvalue weighted by molar-refractivity contribution is 5.97. The van der Waals surface area contributed by atoms with Gasteiger partial charge in [0.25, 0.3) is 5.56 Å². The Morgan fingerprint density at radius 2 is 1.68 bits per heavy atom. The predicted molar refractivity (Wildman–Crippen MR) is 232 cm³/mol. The second-order valence-electron chi connectivity index (χ2n) is 18.1.